The van der Waals surface area contributed by atoms with Crippen molar-refractivity contribution in [2.75, 3.05) is 37.6 Å². The lowest BCUT2D eigenvalue weighted by atomic mass is 9.81. The fourth-order valence-electron chi connectivity index (χ4n) is 7.37. The molecule has 1 saturated carbocycles. The Morgan fingerprint density at radius 3 is 2.62 bits per heavy atom. The summed E-state index contributed by atoms with van der Waals surface area (Å²) in [5, 5.41) is 11.0. The van der Waals surface area contributed by atoms with Crippen LogP contribution in [-0.2, 0) is 6.54 Å². The largest absolute Gasteiger partial charge is 0.478 e. The van der Waals surface area contributed by atoms with Crippen LogP contribution in [0.1, 0.15) is 80.1 Å². The summed E-state index contributed by atoms with van der Waals surface area (Å²) in [6, 6.07) is 14.8. The van der Waals surface area contributed by atoms with Crippen molar-refractivity contribution in [3.8, 4) is 11.3 Å². The van der Waals surface area contributed by atoms with Crippen molar-refractivity contribution in [2.24, 2.45) is 5.92 Å². The van der Waals surface area contributed by atoms with Crippen molar-refractivity contribution in [3.05, 3.63) is 53.6 Å². The van der Waals surface area contributed by atoms with Crippen molar-refractivity contribution >= 4 is 22.6 Å². The summed E-state index contributed by atoms with van der Waals surface area (Å²) in [6.45, 7) is 8.87. The highest BCUT2D eigenvalue weighted by Crippen LogP contribution is 2.47. The number of hydrogen-bond acceptors (Lipinski definition) is 3. The van der Waals surface area contributed by atoms with Gasteiger partial charge in [-0.3, -0.25) is 0 Å². The highest BCUT2D eigenvalue weighted by atomic mass is 16.4. The first-order valence-corrected chi connectivity index (χ1v) is 14.6. The van der Waals surface area contributed by atoms with E-state index in [0.717, 1.165) is 37.6 Å². The second-order valence-electron chi connectivity index (χ2n) is 11.5. The van der Waals surface area contributed by atoms with E-state index in [0.29, 0.717) is 11.5 Å². The highest BCUT2D eigenvalue weighted by Gasteiger charge is 2.31. The summed E-state index contributed by atoms with van der Waals surface area (Å²) < 4.78 is 2.46. The molecule has 1 N–H and O–H groups in total. The SMILES string of the molecule is CCN1CCCC(CCN2CCn3c(c(C4CCCCC4)c4ccc(C(=O)O)cc43)-c3ccccc32)C1. The maximum absolute atomic E-state index is 11.9. The van der Waals surface area contributed by atoms with Crippen LogP contribution in [0.2, 0.25) is 0 Å². The molecule has 2 aromatic carbocycles. The topological polar surface area (TPSA) is 48.7 Å². The average molecular weight is 500 g/mol. The quantitative estimate of drug-likeness (QED) is 0.397. The minimum Gasteiger partial charge on any atom is -0.478 e. The summed E-state index contributed by atoms with van der Waals surface area (Å²) in [4.78, 5) is 17.1. The number of anilines is 1. The van der Waals surface area contributed by atoms with E-state index >= 15 is 0 Å². The van der Waals surface area contributed by atoms with Gasteiger partial charge in [0, 0.05) is 48.3 Å². The number of hydrogen-bond donors (Lipinski definition) is 1. The summed E-state index contributed by atoms with van der Waals surface area (Å²) >= 11 is 0. The number of aromatic nitrogens is 1. The molecule has 37 heavy (non-hydrogen) atoms. The average Bonchev–Trinajstić information content (AvgIpc) is 3.17. The predicted octanol–water partition coefficient (Wildman–Crippen LogP) is 7.00. The zero-order chi connectivity index (χ0) is 25.4. The van der Waals surface area contributed by atoms with Crippen LogP contribution < -0.4 is 4.90 Å². The van der Waals surface area contributed by atoms with Crippen LogP contribution in [0.3, 0.4) is 0 Å². The van der Waals surface area contributed by atoms with Gasteiger partial charge >= 0.3 is 5.97 Å². The second-order valence-corrected chi connectivity index (χ2v) is 11.5. The van der Waals surface area contributed by atoms with E-state index in [2.05, 4.69) is 51.6 Å². The second kappa shape index (κ2) is 10.5. The van der Waals surface area contributed by atoms with E-state index in [-0.39, 0.29) is 0 Å². The number of benzene rings is 2. The Balaban J connectivity index is 1.41. The van der Waals surface area contributed by atoms with E-state index < -0.39 is 5.97 Å². The first kappa shape index (κ1) is 24.5. The number of carbonyl (C=O) groups is 1. The molecule has 1 aromatic heterocycles. The van der Waals surface area contributed by atoms with Crippen LogP contribution in [0, 0.1) is 5.92 Å². The molecule has 1 atom stereocenters. The molecule has 0 radical (unpaired) electrons. The third-order valence-corrected chi connectivity index (χ3v) is 9.32. The number of likely N-dealkylation sites (tertiary alicyclic amines) is 1. The molecule has 6 rings (SSSR count). The predicted molar refractivity (Wildman–Crippen MR) is 152 cm³/mol. The minimum atomic E-state index is -0.846. The monoisotopic (exact) mass is 499 g/mol. The maximum atomic E-state index is 11.9. The van der Waals surface area contributed by atoms with E-state index in [1.165, 1.54) is 92.4 Å². The lowest BCUT2D eigenvalue weighted by molar-refractivity contribution is 0.0697. The molecule has 3 aromatic rings. The van der Waals surface area contributed by atoms with Crippen LogP contribution >= 0.6 is 0 Å². The van der Waals surface area contributed by atoms with Gasteiger partial charge in [-0.15, -0.1) is 0 Å². The molecule has 2 fully saturated rings. The summed E-state index contributed by atoms with van der Waals surface area (Å²) in [5.74, 6) is 0.478. The van der Waals surface area contributed by atoms with Crippen molar-refractivity contribution in [3.63, 3.8) is 0 Å². The molecule has 1 saturated heterocycles. The van der Waals surface area contributed by atoms with Gasteiger partial charge in [0.2, 0.25) is 0 Å². The lowest BCUT2D eigenvalue weighted by Gasteiger charge is -2.34. The van der Waals surface area contributed by atoms with Gasteiger partial charge in [0.1, 0.15) is 0 Å². The molecule has 2 aliphatic heterocycles. The number of rotatable bonds is 6. The van der Waals surface area contributed by atoms with Gasteiger partial charge in [0.25, 0.3) is 0 Å². The number of aromatic carboxylic acids is 1. The van der Waals surface area contributed by atoms with Crippen molar-refractivity contribution in [1.29, 1.82) is 0 Å². The summed E-state index contributed by atoms with van der Waals surface area (Å²) in [6.07, 6.45) is 10.3. The van der Waals surface area contributed by atoms with Gasteiger partial charge in [-0.05, 0) is 80.8 Å². The van der Waals surface area contributed by atoms with Gasteiger partial charge in [-0.2, -0.15) is 0 Å². The number of piperidine rings is 1. The van der Waals surface area contributed by atoms with E-state index in [1.54, 1.807) is 6.07 Å². The van der Waals surface area contributed by atoms with Crippen LogP contribution in [0.5, 0.6) is 0 Å². The maximum Gasteiger partial charge on any atom is 0.335 e. The summed E-state index contributed by atoms with van der Waals surface area (Å²) in [7, 11) is 0. The Morgan fingerprint density at radius 2 is 1.81 bits per heavy atom. The van der Waals surface area contributed by atoms with Crippen LogP contribution in [0.25, 0.3) is 22.2 Å². The molecule has 3 aliphatic rings. The Hall–Kier alpha value is -2.79. The van der Waals surface area contributed by atoms with Gasteiger partial charge in [0.15, 0.2) is 0 Å². The number of para-hydroxylation sites is 1. The normalized spacial score (nSPS) is 21.0. The molecular weight excluding hydrogens is 458 g/mol. The van der Waals surface area contributed by atoms with Crippen LogP contribution in [-0.4, -0.2) is 53.3 Å². The highest BCUT2D eigenvalue weighted by molar-refractivity contribution is 5.99. The fraction of sp³-hybridized carbons (Fsp3) is 0.531. The Bertz CT molecular complexity index is 1270. The van der Waals surface area contributed by atoms with E-state index in [4.69, 9.17) is 0 Å². The molecule has 196 valence electrons. The molecular formula is C32H41N3O2. The van der Waals surface area contributed by atoms with E-state index in [9.17, 15) is 9.90 Å². The Kier molecular flexibility index (Phi) is 6.98. The number of carboxylic acids is 1. The molecule has 1 aliphatic carbocycles. The van der Waals surface area contributed by atoms with Crippen molar-refractivity contribution in [2.45, 2.75) is 70.8 Å². The molecule has 0 spiro atoms. The molecule has 0 bridgehead atoms. The summed E-state index contributed by atoms with van der Waals surface area (Å²) in [5.41, 5.74) is 6.97. The molecule has 5 nitrogen and oxygen atoms in total. The third kappa shape index (κ3) is 4.67. The van der Waals surface area contributed by atoms with Crippen molar-refractivity contribution in [1.82, 2.24) is 9.47 Å². The Labute approximate surface area is 221 Å². The first-order valence-electron chi connectivity index (χ1n) is 14.6. The zero-order valence-corrected chi connectivity index (χ0v) is 22.3. The van der Waals surface area contributed by atoms with Crippen LogP contribution in [0.15, 0.2) is 42.5 Å². The number of nitrogens with zero attached hydrogens (tertiary/aromatic N) is 3. The van der Waals surface area contributed by atoms with Crippen LogP contribution in [0.4, 0.5) is 5.69 Å². The third-order valence-electron chi connectivity index (χ3n) is 9.32. The Morgan fingerprint density at radius 1 is 0.973 bits per heavy atom. The smallest absolute Gasteiger partial charge is 0.335 e. The number of fused-ring (bicyclic) bond motifs is 5. The lowest BCUT2D eigenvalue weighted by Crippen LogP contribution is -2.37. The minimum absolute atomic E-state index is 0.384. The first-order chi connectivity index (χ1) is 18.1. The zero-order valence-electron chi connectivity index (χ0n) is 22.3. The molecule has 1 unspecified atom stereocenters. The van der Waals surface area contributed by atoms with Gasteiger partial charge < -0.3 is 19.5 Å². The van der Waals surface area contributed by atoms with Gasteiger partial charge in [-0.1, -0.05) is 50.5 Å². The molecule has 3 heterocycles. The van der Waals surface area contributed by atoms with Gasteiger partial charge in [-0.25, -0.2) is 4.79 Å². The van der Waals surface area contributed by atoms with E-state index in [1.807, 2.05) is 6.07 Å². The van der Waals surface area contributed by atoms with Gasteiger partial charge in [0.05, 0.1) is 11.3 Å². The number of carboxylic acid groups (broad SMARTS) is 1. The molecule has 0 amide bonds. The van der Waals surface area contributed by atoms with Crippen molar-refractivity contribution < 1.29 is 9.90 Å². The fourth-order valence-corrected chi connectivity index (χ4v) is 7.37. The molecule has 5 heteroatoms. The standard InChI is InChI=1S/C32H41N3O2/c1-2-33-17-8-9-23(22-33)16-18-34-19-20-35-29-21-25(32(36)37)14-15-26(29)30(24-10-4-3-5-11-24)31(35)27-12-6-7-13-28(27)34/h6-7,12-15,21,23-24H,2-5,8-11,16-20,22H2,1H3,(H,36,37).